The molecule has 2 N–H and O–H groups in total. The third-order valence-corrected chi connectivity index (χ3v) is 3.33. The Morgan fingerprint density at radius 2 is 2.32 bits per heavy atom. The zero-order valence-electron chi connectivity index (χ0n) is 10.7. The van der Waals surface area contributed by atoms with Crippen LogP contribution >= 0.6 is 0 Å². The number of hydrogen-bond acceptors (Lipinski definition) is 3. The van der Waals surface area contributed by atoms with Gasteiger partial charge in [0.05, 0.1) is 24.5 Å². The predicted molar refractivity (Wildman–Crippen MR) is 68.4 cm³/mol. The number of nitrogens with zero attached hydrogens (tertiary/aromatic N) is 3. The molecule has 6 heteroatoms. The van der Waals surface area contributed by atoms with E-state index >= 15 is 0 Å². The number of hydrogen-bond donors (Lipinski definition) is 2. The second-order valence-corrected chi connectivity index (χ2v) is 4.52. The summed E-state index contributed by atoms with van der Waals surface area (Å²) in [4.78, 5) is 12.3. The zero-order valence-corrected chi connectivity index (χ0v) is 10.7. The fourth-order valence-corrected chi connectivity index (χ4v) is 2.34. The van der Waals surface area contributed by atoms with Gasteiger partial charge in [-0.3, -0.25) is 4.68 Å². The predicted octanol–water partition coefficient (Wildman–Crippen LogP) is 0.825. The molecule has 0 bridgehead atoms. The van der Waals surface area contributed by atoms with Crippen LogP contribution in [0.5, 0.6) is 0 Å². The van der Waals surface area contributed by atoms with Crippen molar-refractivity contribution in [2.24, 2.45) is 0 Å². The second kappa shape index (κ2) is 5.76. The lowest BCUT2D eigenvalue weighted by Crippen LogP contribution is -2.34. The van der Waals surface area contributed by atoms with E-state index in [4.69, 9.17) is 11.5 Å². The Kier molecular flexibility index (Phi) is 4.07. The molecule has 0 spiro atoms. The SMILES string of the molecule is C#CCCCn1nc2c(c1CO)CN(C(=O)O)CC2. The van der Waals surface area contributed by atoms with Crippen molar-refractivity contribution in [1.82, 2.24) is 14.7 Å². The molecular weight excluding hydrogens is 246 g/mol. The largest absolute Gasteiger partial charge is 0.465 e. The lowest BCUT2D eigenvalue weighted by atomic mass is 10.1. The number of amides is 1. The number of aliphatic hydroxyl groups is 1. The maximum atomic E-state index is 11.0. The number of carboxylic acid groups (broad SMARTS) is 1. The molecule has 6 nitrogen and oxygen atoms in total. The first-order chi connectivity index (χ1) is 9.17. The number of carbonyl (C=O) groups is 1. The van der Waals surface area contributed by atoms with Crippen LogP contribution in [0.4, 0.5) is 4.79 Å². The number of aliphatic hydroxyl groups excluding tert-OH is 1. The van der Waals surface area contributed by atoms with Crippen molar-refractivity contribution in [3.05, 3.63) is 17.0 Å². The molecule has 0 radical (unpaired) electrons. The smallest absolute Gasteiger partial charge is 0.407 e. The van der Waals surface area contributed by atoms with E-state index in [1.807, 2.05) is 0 Å². The molecule has 1 amide bonds. The maximum absolute atomic E-state index is 11.0. The van der Waals surface area contributed by atoms with Crippen LogP contribution in [0, 0.1) is 12.3 Å². The van der Waals surface area contributed by atoms with Gasteiger partial charge in [-0.1, -0.05) is 0 Å². The number of unbranched alkanes of at least 4 members (excludes halogenated alkanes) is 1. The molecular formula is C13H17N3O3. The van der Waals surface area contributed by atoms with E-state index in [9.17, 15) is 9.90 Å². The minimum absolute atomic E-state index is 0.133. The summed E-state index contributed by atoms with van der Waals surface area (Å²) in [6.07, 6.45) is 6.33. The van der Waals surface area contributed by atoms with Crippen LogP contribution in [0.2, 0.25) is 0 Å². The molecule has 0 fully saturated rings. The normalized spacial score (nSPS) is 14.0. The Morgan fingerprint density at radius 1 is 1.53 bits per heavy atom. The van der Waals surface area contributed by atoms with E-state index in [1.54, 1.807) is 4.68 Å². The van der Waals surface area contributed by atoms with Crippen molar-refractivity contribution in [2.75, 3.05) is 6.54 Å². The Bertz CT molecular complexity index is 516. The summed E-state index contributed by atoms with van der Waals surface area (Å²) in [5, 5.41) is 23.0. The van der Waals surface area contributed by atoms with Crippen LogP contribution in [-0.4, -0.2) is 37.5 Å². The monoisotopic (exact) mass is 263 g/mol. The highest BCUT2D eigenvalue weighted by Crippen LogP contribution is 2.23. The summed E-state index contributed by atoms with van der Waals surface area (Å²) < 4.78 is 1.76. The van der Waals surface area contributed by atoms with Crippen molar-refractivity contribution >= 4 is 6.09 Å². The quantitative estimate of drug-likeness (QED) is 0.623. The molecule has 1 aliphatic heterocycles. The summed E-state index contributed by atoms with van der Waals surface area (Å²) in [5.41, 5.74) is 2.44. The van der Waals surface area contributed by atoms with Gasteiger partial charge in [-0.15, -0.1) is 12.3 Å². The molecule has 1 aromatic rings. The highest BCUT2D eigenvalue weighted by molar-refractivity contribution is 5.65. The molecule has 0 saturated heterocycles. The second-order valence-electron chi connectivity index (χ2n) is 4.52. The number of aryl methyl sites for hydroxylation is 1. The number of fused-ring (bicyclic) bond motifs is 1. The Labute approximate surface area is 111 Å². The topological polar surface area (TPSA) is 78.6 Å². The van der Waals surface area contributed by atoms with E-state index in [0.29, 0.717) is 38.2 Å². The average molecular weight is 263 g/mol. The van der Waals surface area contributed by atoms with Gasteiger partial charge >= 0.3 is 6.09 Å². The molecule has 2 rings (SSSR count). The molecule has 102 valence electrons. The summed E-state index contributed by atoms with van der Waals surface area (Å²) >= 11 is 0. The number of rotatable bonds is 4. The molecule has 19 heavy (non-hydrogen) atoms. The van der Waals surface area contributed by atoms with Crippen LogP contribution in [0.1, 0.15) is 29.8 Å². The molecule has 1 aliphatic rings. The van der Waals surface area contributed by atoms with E-state index in [0.717, 1.165) is 17.7 Å². The maximum Gasteiger partial charge on any atom is 0.407 e. The Hall–Kier alpha value is -2.00. The van der Waals surface area contributed by atoms with Crippen molar-refractivity contribution in [2.45, 2.75) is 39.0 Å². The molecule has 0 unspecified atom stereocenters. The minimum atomic E-state index is -0.936. The summed E-state index contributed by atoms with van der Waals surface area (Å²) in [7, 11) is 0. The van der Waals surface area contributed by atoms with Crippen LogP contribution < -0.4 is 0 Å². The Balaban J connectivity index is 2.21. The number of aromatic nitrogens is 2. The van der Waals surface area contributed by atoms with Crippen molar-refractivity contribution < 1.29 is 15.0 Å². The molecule has 0 saturated carbocycles. The van der Waals surface area contributed by atoms with E-state index in [1.165, 1.54) is 4.90 Å². The minimum Gasteiger partial charge on any atom is -0.465 e. The zero-order chi connectivity index (χ0) is 13.8. The Morgan fingerprint density at radius 3 is 2.95 bits per heavy atom. The standard InChI is InChI=1S/C13H17N3O3/c1-2-3-4-6-16-12(9-17)10-8-15(13(18)19)7-5-11(10)14-16/h1,17H,3-9H2,(H,18,19). The molecule has 1 aromatic heterocycles. The van der Waals surface area contributed by atoms with Gasteiger partial charge in [-0.25, -0.2) is 4.79 Å². The first-order valence-corrected chi connectivity index (χ1v) is 6.27. The lowest BCUT2D eigenvalue weighted by Gasteiger charge is -2.23. The average Bonchev–Trinajstić information content (AvgIpc) is 2.75. The van der Waals surface area contributed by atoms with Crippen LogP contribution in [0.3, 0.4) is 0 Å². The molecule has 2 heterocycles. The highest BCUT2D eigenvalue weighted by atomic mass is 16.4. The van der Waals surface area contributed by atoms with Gasteiger partial charge in [0.2, 0.25) is 0 Å². The van der Waals surface area contributed by atoms with Gasteiger partial charge in [0.25, 0.3) is 0 Å². The third-order valence-electron chi connectivity index (χ3n) is 3.33. The summed E-state index contributed by atoms with van der Waals surface area (Å²) in [5.74, 6) is 2.57. The molecule has 0 aliphatic carbocycles. The fourth-order valence-electron chi connectivity index (χ4n) is 2.34. The van der Waals surface area contributed by atoms with Crippen molar-refractivity contribution in [3.63, 3.8) is 0 Å². The van der Waals surface area contributed by atoms with Gasteiger partial charge in [-0.2, -0.15) is 5.10 Å². The van der Waals surface area contributed by atoms with Crippen LogP contribution in [0.25, 0.3) is 0 Å². The summed E-state index contributed by atoms with van der Waals surface area (Å²) in [6.45, 7) is 1.27. The van der Waals surface area contributed by atoms with Crippen LogP contribution in [-0.2, 0) is 26.1 Å². The molecule has 0 aromatic carbocycles. The van der Waals surface area contributed by atoms with Gasteiger partial charge in [0.15, 0.2) is 0 Å². The van der Waals surface area contributed by atoms with E-state index < -0.39 is 6.09 Å². The van der Waals surface area contributed by atoms with Gasteiger partial charge in [-0.05, 0) is 6.42 Å². The van der Waals surface area contributed by atoms with Crippen LogP contribution in [0.15, 0.2) is 0 Å². The first kappa shape index (κ1) is 13.4. The van der Waals surface area contributed by atoms with Gasteiger partial charge < -0.3 is 15.1 Å². The first-order valence-electron chi connectivity index (χ1n) is 6.27. The summed E-state index contributed by atoms with van der Waals surface area (Å²) in [6, 6.07) is 0. The van der Waals surface area contributed by atoms with Gasteiger partial charge in [0.1, 0.15) is 0 Å². The van der Waals surface area contributed by atoms with E-state index in [2.05, 4.69) is 11.0 Å². The lowest BCUT2D eigenvalue weighted by molar-refractivity contribution is 0.139. The third kappa shape index (κ3) is 2.71. The number of terminal acetylenes is 1. The van der Waals surface area contributed by atoms with Crippen molar-refractivity contribution in [3.8, 4) is 12.3 Å². The highest BCUT2D eigenvalue weighted by Gasteiger charge is 2.26. The van der Waals surface area contributed by atoms with Gasteiger partial charge in [0, 0.05) is 31.5 Å². The fraction of sp³-hybridized carbons (Fsp3) is 0.538. The molecule has 0 atom stereocenters. The van der Waals surface area contributed by atoms with Crippen molar-refractivity contribution in [1.29, 1.82) is 0 Å². The van der Waals surface area contributed by atoms with E-state index in [-0.39, 0.29) is 6.61 Å².